The molecule has 4 fully saturated rings. The molecule has 0 aromatic rings. The second kappa shape index (κ2) is 7.64. The smallest absolute Gasteiger partial charge is 0.378 e. The topological polar surface area (TPSA) is 64.8 Å². The van der Waals surface area contributed by atoms with E-state index in [1.165, 1.54) is 4.90 Å². The molecule has 0 unspecified atom stereocenters. The Hall–Kier alpha value is -0.860. The van der Waals surface area contributed by atoms with E-state index in [4.69, 9.17) is 15.2 Å². The van der Waals surface area contributed by atoms with E-state index >= 15 is 0 Å². The van der Waals surface area contributed by atoms with Gasteiger partial charge in [0.05, 0.1) is 31.3 Å². The number of alkyl halides is 3. The highest BCUT2D eigenvalue weighted by Crippen LogP contribution is 2.43. The lowest BCUT2D eigenvalue weighted by atomic mass is 9.72. The highest BCUT2D eigenvalue weighted by atomic mass is 19.4. The number of nitrogens with two attached hydrogens (primary N) is 1. The molecule has 0 radical (unpaired) electrons. The monoisotopic (exact) mass is 378 g/mol. The van der Waals surface area contributed by atoms with E-state index < -0.39 is 24.2 Å². The van der Waals surface area contributed by atoms with Crippen molar-refractivity contribution < 1.29 is 27.4 Å². The van der Waals surface area contributed by atoms with Crippen molar-refractivity contribution in [2.75, 3.05) is 26.3 Å². The lowest BCUT2D eigenvalue weighted by Crippen LogP contribution is -2.54. The predicted molar refractivity (Wildman–Crippen MR) is 89.4 cm³/mol. The molecule has 0 aromatic carbocycles. The molecule has 1 aliphatic carbocycles. The van der Waals surface area contributed by atoms with Gasteiger partial charge in [-0.3, -0.25) is 4.79 Å². The van der Waals surface area contributed by atoms with Gasteiger partial charge in [0.25, 0.3) is 0 Å². The van der Waals surface area contributed by atoms with Gasteiger partial charge in [-0.1, -0.05) is 0 Å². The van der Waals surface area contributed by atoms with Crippen molar-refractivity contribution in [2.24, 2.45) is 17.1 Å². The fourth-order valence-corrected chi connectivity index (χ4v) is 4.25. The first-order chi connectivity index (χ1) is 12.2. The number of rotatable bonds is 5. The standard InChI is InChI=1S/C18H29F3N2O3/c1-12(25-10-17-6-2-14(3-7-17)26-11-17)15(22)16(24)23-8-4-13(5-9-23)18(19,20)21/h12-15H,2-11,22H2,1H3/t12-,14?,15+,17?/m1/s1. The van der Waals surface area contributed by atoms with E-state index in [-0.39, 0.29) is 37.3 Å². The summed E-state index contributed by atoms with van der Waals surface area (Å²) in [5, 5.41) is 0. The van der Waals surface area contributed by atoms with Gasteiger partial charge >= 0.3 is 6.18 Å². The van der Waals surface area contributed by atoms with Crippen molar-refractivity contribution in [3.05, 3.63) is 0 Å². The zero-order chi connectivity index (χ0) is 18.9. The van der Waals surface area contributed by atoms with Gasteiger partial charge in [0, 0.05) is 18.5 Å². The van der Waals surface area contributed by atoms with Crippen LogP contribution in [0.25, 0.3) is 0 Å². The number of halogens is 3. The molecule has 0 aromatic heterocycles. The van der Waals surface area contributed by atoms with Crippen LogP contribution in [0.2, 0.25) is 0 Å². The molecule has 150 valence electrons. The Morgan fingerprint density at radius 3 is 2.38 bits per heavy atom. The van der Waals surface area contributed by atoms with Gasteiger partial charge in [0.2, 0.25) is 5.91 Å². The molecule has 3 saturated heterocycles. The lowest BCUT2D eigenvalue weighted by Gasteiger charge is -2.46. The summed E-state index contributed by atoms with van der Waals surface area (Å²) in [5.74, 6) is -1.64. The molecule has 2 N–H and O–H groups in total. The van der Waals surface area contributed by atoms with E-state index in [1.807, 2.05) is 0 Å². The molecule has 0 spiro atoms. The first kappa shape index (κ1) is 19.9. The Balaban J connectivity index is 1.46. The zero-order valence-electron chi connectivity index (χ0n) is 15.3. The Morgan fingerprint density at radius 2 is 1.88 bits per heavy atom. The Kier molecular flexibility index (Phi) is 5.84. The molecular formula is C18H29F3N2O3. The first-order valence-electron chi connectivity index (χ1n) is 9.54. The summed E-state index contributed by atoms with van der Waals surface area (Å²) in [5.41, 5.74) is 6.08. The van der Waals surface area contributed by atoms with E-state index in [0.717, 1.165) is 25.7 Å². The van der Waals surface area contributed by atoms with Crippen LogP contribution < -0.4 is 5.73 Å². The third-order valence-corrected chi connectivity index (χ3v) is 6.33. The second-order valence-electron chi connectivity index (χ2n) is 8.19. The molecule has 2 atom stereocenters. The highest BCUT2D eigenvalue weighted by Gasteiger charge is 2.44. The average Bonchev–Trinajstić information content (AvgIpc) is 2.66. The van der Waals surface area contributed by atoms with Crippen LogP contribution in [0.3, 0.4) is 0 Å². The Bertz CT molecular complexity index is 485. The van der Waals surface area contributed by atoms with Crippen molar-refractivity contribution in [1.29, 1.82) is 0 Å². The summed E-state index contributed by atoms with van der Waals surface area (Å²) in [6.07, 6.45) is -0.147. The number of likely N-dealkylation sites (tertiary alicyclic amines) is 1. The Labute approximate surface area is 152 Å². The summed E-state index contributed by atoms with van der Waals surface area (Å²) < 4.78 is 49.9. The maximum Gasteiger partial charge on any atom is 0.391 e. The molecule has 1 amide bonds. The number of fused-ring (bicyclic) bond motifs is 3. The van der Waals surface area contributed by atoms with Crippen LogP contribution in [-0.4, -0.2) is 61.5 Å². The first-order valence-corrected chi connectivity index (χ1v) is 9.54. The Morgan fingerprint density at radius 1 is 1.27 bits per heavy atom. The van der Waals surface area contributed by atoms with Crippen LogP contribution in [0.5, 0.6) is 0 Å². The SMILES string of the molecule is C[C@@H](OCC12CCC(CC1)OC2)[C@H](N)C(=O)N1CCC(C(F)(F)F)CC1. The maximum absolute atomic E-state index is 12.7. The number of nitrogens with zero attached hydrogens (tertiary/aromatic N) is 1. The zero-order valence-corrected chi connectivity index (χ0v) is 15.3. The maximum atomic E-state index is 12.7. The second-order valence-corrected chi connectivity index (χ2v) is 8.19. The quantitative estimate of drug-likeness (QED) is 0.798. The van der Waals surface area contributed by atoms with Gasteiger partial charge in [-0.2, -0.15) is 13.2 Å². The number of carbonyl (C=O) groups excluding carboxylic acids is 1. The molecule has 3 aliphatic heterocycles. The summed E-state index contributed by atoms with van der Waals surface area (Å²) in [4.78, 5) is 14.0. The van der Waals surface area contributed by atoms with Crippen LogP contribution in [-0.2, 0) is 14.3 Å². The predicted octanol–water partition coefficient (Wildman–Crippen LogP) is 2.48. The van der Waals surface area contributed by atoms with Crippen LogP contribution in [0, 0.1) is 11.3 Å². The van der Waals surface area contributed by atoms with Crippen molar-refractivity contribution in [1.82, 2.24) is 4.90 Å². The van der Waals surface area contributed by atoms with Crippen molar-refractivity contribution >= 4 is 5.91 Å². The van der Waals surface area contributed by atoms with Crippen LogP contribution in [0.4, 0.5) is 13.2 Å². The van der Waals surface area contributed by atoms with Crippen LogP contribution in [0.1, 0.15) is 45.4 Å². The van der Waals surface area contributed by atoms with Gasteiger partial charge in [0.1, 0.15) is 6.04 Å². The van der Waals surface area contributed by atoms with E-state index in [2.05, 4.69) is 0 Å². The molecule has 8 heteroatoms. The van der Waals surface area contributed by atoms with Crippen LogP contribution >= 0.6 is 0 Å². The number of carbonyl (C=O) groups is 1. The summed E-state index contributed by atoms with van der Waals surface area (Å²) in [6, 6.07) is -0.852. The molecule has 5 nitrogen and oxygen atoms in total. The van der Waals surface area contributed by atoms with Crippen molar-refractivity contribution in [3.63, 3.8) is 0 Å². The number of hydrogen-bond acceptors (Lipinski definition) is 4. The van der Waals surface area contributed by atoms with Gasteiger partial charge in [-0.15, -0.1) is 0 Å². The molecule has 1 saturated carbocycles. The van der Waals surface area contributed by atoms with E-state index in [0.29, 0.717) is 19.3 Å². The van der Waals surface area contributed by atoms with E-state index in [9.17, 15) is 18.0 Å². The molecule has 3 heterocycles. The number of hydrogen-bond donors (Lipinski definition) is 1. The molecule has 26 heavy (non-hydrogen) atoms. The largest absolute Gasteiger partial charge is 0.391 e. The molecular weight excluding hydrogens is 349 g/mol. The summed E-state index contributed by atoms with van der Waals surface area (Å²) in [6.45, 7) is 3.17. The minimum absolute atomic E-state index is 0.0246. The third-order valence-electron chi connectivity index (χ3n) is 6.33. The molecule has 4 aliphatic rings. The number of amides is 1. The highest BCUT2D eigenvalue weighted by molar-refractivity contribution is 5.82. The molecule has 2 bridgehead atoms. The van der Waals surface area contributed by atoms with E-state index in [1.54, 1.807) is 6.92 Å². The normalized spacial score (nSPS) is 32.5. The fraction of sp³-hybridized carbons (Fsp3) is 0.944. The fourth-order valence-electron chi connectivity index (χ4n) is 4.25. The van der Waals surface area contributed by atoms with Crippen molar-refractivity contribution in [2.45, 2.75) is 69.9 Å². The van der Waals surface area contributed by atoms with Crippen LogP contribution in [0.15, 0.2) is 0 Å². The minimum atomic E-state index is -4.19. The number of piperidine rings is 1. The van der Waals surface area contributed by atoms with Gasteiger partial charge < -0.3 is 20.1 Å². The average molecular weight is 378 g/mol. The number of ether oxygens (including phenoxy) is 2. The van der Waals surface area contributed by atoms with Gasteiger partial charge in [-0.25, -0.2) is 0 Å². The lowest BCUT2D eigenvalue weighted by molar-refractivity contribution is -0.187. The summed E-state index contributed by atoms with van der Waals surface area (Å²) in [7, 11) is 0. The molecule has 4 rings (SSSR count). The minimum Gasteiger partial charge on any atom is -0.378 e. The van der Waals surface area contributed by atoms with Gasteiger partial charge in [-0.05, 0) is 45.4 Å². The van der Waals surface area contributed by atoms with Gasteiger partial charge in [0.15, 0.2) is 0 Å². The summed E-state index contributed by atoms with van der Waals surface area (Å²) >= 11 is 0. The van der Waals surface area contributed by atoms with Crippen molar-refractivity contribution in [3.8, 4) is 0 Å². The third kappa shape index (κ3) is 4.34.